The van der Waals surface area contributed by atoms with Crippen LogP contribution in [0, 0.1) is 17.4 Å². The molecule has 0 aliphatic carbocycles. The van der Waals surface area contributed by atoms with Crippen LogP contribution in [0.2, 0.25) is 0 Å². The number of nitrogens with zero attached hydrogens (tertiary/aromatic N) is 2. The fraction of sp³-hybridized carbons (Fsp3) is 0. The first kappa shape index (κ1) is 5.57. The average molecular weight is 119 g/mol. The van der Waals surface area contributed by atoms with Crippen molar-refractivity contribution >= 4 is 0 Å². The van der Waals surface area contributed by atoms with E-state index in [9.17, 15) is 0 Å². The summed E-state index contributed by atoms with van der Waals surface area (Å²) in [6, 6.07) is 5.71. The van der Waals surface area contributed by atoms with Crippen LogP contribution in [-0.4, -0.2) is 10.1 Å². The highest BCUT2D eigenvalue weighted by molar-refractivity contribution is 5.34. The molecule has 1 N–H and O–H groups in total. The van der Waals surface area contributed by atoms with Crippen LogP contribution in [0.4, 0.5) is 0 Å². The fourth-order valence-corrected chi connectivity index (χ4v) is 0.440. The molecular weight excluding hydrogens is 116 g/mol. The van der Waals surface area contributed by atoms with Crippen LogP contribution in [0.3, 0.4) is 0 Å². The minimum absolute atomic E-state index is 0.0810. The first-order valence-corrected chi connectivity index (χ1v) is 2.30. The molecular formula is C6H3N2O. The van der Waals surface area contributed by atoms with Gasteiger partial charge in [-0.25, -0.2) is 4.98 Å². The van der Waals surface area contributed by atoms with Crippen LogP contribution < -0.4 is 0 Å². The van der Waals surface area contributed by atoms with Crippen LogP contribution in [-0.2, 0) is 0 Å². The molecule has 0 amide bonds. The van der Waals surface area contributed by atoms with Crippen LogP contribution in [0.25, 0.3) is 0 Å². The predicted octanol–water partition coefficient (Wildman–Crippen LogP) is 0.459. The molecule has 1 radical (unpaired) electrons. The van der Waals surface area contributed by atoms with Gasteiger partial charge in [-0.05, 0) is 6.07 Å². The Morgan fingerprint density at radius 1 is 1.78 bits per heavy atom. The zero-order valence-electron chi connectivity index (χ0n) is 4.50. The van der Waals surface area contributed by atoms with Gasteiger partial charge in [-0.1, -0.05) is 0 Å². The molecule has 0 bridgehead atoms. The van der Waals surface area contributed by atoms with E-state index in [4.69, 9.17) is 10.4 Å². The van der Waals surface area contributed by atoms with E-state index in [1.165, 1.54) is 12.3 Å². The van der Waals surface area contributed by atoms with Crippen LogP contribution in [0.5, 0.6) is 5.88 Å². The van der Waals surface area contributed by atoms with E-state index in [0.29, 0.717) is 0 Å². The Bertz CT molecular complexity index is 251. The van der Waals surface area contributed by atoms with Crippen molar-refractivity contribution in [1.29, 1.82) is 5.26 Å². The molecule has 0 aromatic carbocycles. The van der Waals surface area contributed by atoms with Gasteiger partial charge in [0, 0.05) is 12.3 Å². The Morgan fingerprint density at radius 3 is 3.00 bits per heavy atom. The zero-order chi connectivity index (χ0) is 6.69. The minimum atomic E-state index is -0.264. The quantitative estimate of drug-likeness (QED) is 0.539. The molecule has 9 heavy (non-hydrogen) atoms. The molecule has 1 heterocycles. The van der Waals surface area contributed by atoms with Crippen molar-refractivity contribution in [2.75, 3.05) is 0 Å². The number of aromatic nitrogens is 1. The van der Waals surface area contributed by atoms with E-state index in [1.807, 2.05) is 0 Å². The SMILES string of the molecule is N#Cc1[c]ccnc1O. The summed E-state index contributed by atoms with van der Waals surface area (Å²) in [6.45, 7) is 0. The Labute approximate surface area is 52.2 Å². The summed E-state index contributed by atoms with van der Waals surface area (Å²) in [6.07, 6.45) is 1.37. The van der Waals surface area contributed by atoms with Gasteiger partial charge < -0.3 is 5.11 Å². The third-order valence-corrected chi connectivity index (χ3v) is 0.834. The number of aromatic hydroxyl groups is 1. The highest BCUT2D eigenvalue weighted by Gasteiger charge is 1.95. The molecule has 0 saturated carbocycles. The highest BCUT2D eigenvalue weighted by atomic mass is 16.3. The van der Waals surface area contributed by atoms with E-state index in [2.05, 4.69) is 11.1 Å². The standard InChI is InChI=1S/C6H3N2O/c7-4-5-2-1-3-8-6(5)9/h1,3H,(H,8,9). The maximum atomic E-state index is 8.75. The molecule has 1 aromatic rings. The Morgan fingerprint density at radius 2 is 2.56 bits per heavy atom. The van der Waals surface area contributed by atoms with Gasteiger partial charge in [-0.3, -0.25) is 0 Å². The van der Waals surface area contributed by atoms with Gasteiger partial charge in [0.1, 0.15) is 11.6 Å². The molecule has 0 saturated heterocycles. The summed E-state index contributed by atoms with van der Waals surface area (Å²) in [7, 11) is 0. The summed E-state index contributed by atoms with van der Waals surface area (Å²) in [4.78, 5) is 3.45. The third kappa shape index (κ3) is 0.970. The number of hydrogen-bond acceptors (Lipinski definition) is 3. The van der Waals surface area contributed by atoms with Crippen LogP contribution in [0.1, 0.15) is 5.56 Å². The van der Waals surface area contributed by atoms with Crippen molar-refractivity contribution in [2.45, 2.75) is 0 Å². The highest BCUT2D eigenvalue weighted by Crippen LogP contribution is 2.07. The number of hydrogen-bond donors (Lipinski definition) is 1. The molecule has 0 spiro atoms. The normalized spacial score (nSPS) is 8.33. The second kappa shape index (κ2) is 2.14. The van der Waals surface area contributed by atoms with E-state index in [-0.39, 0.29) is 11.4 Å². The van der Waals surface area contributed by atoms with Gasteiger partial charge in [-0.2, -0.15) is 5.26 Å². The predicted molar refractivity (Wildman–Crippen MR) is 29.5 cm³/mol. The van der Waals surface area contributed by atoms with Crippen molar-refractivity contribution in [3.05, 3.63) is 23.9 Å². The first-order valence-electron chi connectivity index (χ1n) is 2.30. The van der Waals surface area contributed by atoms with Crippen molar-refractivity contribution in [1.82, 2.24) is 4.98 Å². The largest absolute Gasteiger partial charge is 0.492 e. The fourth-order valence-electron chi connectivity index (χ4n) is 0.440. The van der Waals surface area contributed by atoms with Crippen molar-refractivity contribution < 1.29 is 5.11 Å². The molecule has 43 valence electrons. The third-order valence-electron chi connectivity index (χ3n) is 0.834. The summed E-state index contributed by atoms with van der Waals surface area (Å²) in [5.41, 5.74) is 0.0810. The zero-order valence-corrected chi connectivity index (χ0v) is 4.50. The molecule has 1 rings (SSSR count). The van der Waals surface area contributed by atoms with E-state index >= 15 is 0 Å². The van der Waals surface area contributed by atoms with Crippen molar-refractivity contribution in [3.8, 4) is 11.9 Å². The second-order valence-corrected chi connectivity index (χ2v) is 1.40. The maximum absolute atomic E-state index is 8.75. The van der Waals surface area contributed by atoms with E-state index < -0.39 is 0 Å². The molecule has 3 heteroatoms. The lowest BCUT2D eigenvalue weighted by Gasteiger charge is -1.87. The van der Waals surface area contributed by atoms with Gasteiger partial charge in [0.2, 0.25) is 5.88 Å². The topological polar surface area (TPSA) is 56.9 Å². The molecule has 0 aliphatic rings. The van der Waals surface area contributed by atoms with Crippen LogP contribution >= 0.6 is 0 Å². The summed E-state index contributed by atoms with van der Waals surface area (Å²) < 4.78 is 0. The average Bonchev–Trinajstić information content (AvgIpc) is 1.89. The lowest BCUT2D eigenvalue weighted by molar-refractivity contribution is 0.451. The molecule has 0 unspecified atom stereocenters. The Balaban J connectivity index is 3.20. The lowest BCUT2D eigenvalue weighted by atomic mass is 10.3. The van der Waals surface area contributed by atoms with Gasteiger partial charge in [0.05, 0.1) is 0 Å². The number of nitriles is 1. The number of rotatable bonds is 0. The lowest BCUT2D eigenvalue weighted by Crippen LogP contribution is -1.78. The summed E-state index contributed by atoms with van der Waals surface area (Å²) >= 11 is 0. The summed E-state index contributed by atoms with van der Waals surface area (Å²) in [5, 5.41) is 17.0. The van der Waals surface area contributed by atoms with Gasteiger partial charge in [-0.15, -0.1) is 0 Å². The Kier molecular flexibility index (Phi) is 1.32. The monoisotopic (exact) mass is 119 g/mol. The smallest absolute Gasteiger partial charge is 0.229 e. The molecule has 1 aromatic heterocycles. The molecule has 3 nitrogen and oxygen atoms in total. The van der Waals surface area contributed by atoms with Crippen LogP contribution in [0.15, 0.2) is 12.3 Å². The Hall–Kier alpha value is -1.56. The minimum Gasteiger partial charge on any atom is -0.492 e. The second-order valence-electron chi connectivity index (χ2n) is 1.40. The van der Waals surface area contributed by atoms with Crippen molar-refractivity contribution in [3.63, 3.8) is 0 Å². The van der Waals surface area contributed by atoms with Crippen molar-refractivity contribution in [2.24, 2.45) is 0 Å². The van der Waals surface area contributed by atoms with Gasteiger partial charge >= 0.3 is 0 Å². The first-order chi connectivity index (χ1) is 4.34. The van der Waals surface area contributed by atoms with E-state index in [1.54, 1.807) is 6.07 Å². The molecule has 0 atom stereocenters. The molecule has 0 aliphatic heterocycles. The molecule has 0 fully saturated rings. The van der Waals surface area contributed by atoms with E-state index in [0.717, 1.165) is 0 Å². The number of pyridine rings is 1. The van der Waals surface area contributed by atoms with Gasteiger partial charge in [0.15, 0.2) is 0 Å². The maximum Gasteiger partial charge on any atom is 0.229 e. The van der Waals surface area contributed by atoms with Gasteiger partial charge in [0.25, 0.3) is 0 Å². The summed E-state index contributed by atoms with van der Waals surface area (Å²) in [5.74, 6) is -0.264.